The minimum Gasteiger partial charge on any atom is -0.308 e. The van der Waals surface area contributed by atoms with Crippen LogP contribution in [-0.2, 0) is 13.5 Å². The fourth-order valence-electron chi connectivity index (χ4n) is 4.92. The molecule has 1 aliphatic heterocycles. The predicted octanol–water partition coefficient (Wildman–Crippen LogP) is 3.63. The zero-order valence-electron chi connectivity index (χ0n) is 19.8. The lowest BCUT2D eigenvalue weighted by molar-refractivity contribution is 0.479. The Morgan fingerprint density at radius 1 is 1.11 bits per heavy atom. The summed E-state index contributed by atoms with van der Waals surface area (Å²) in [7, 11) is 1.71. The zero-order chi connectivity index (χ0) is 25.3. The van der Waals surface area contributed by atoms with Crippen LogP contribution in [0.4, 0.5) is 13.2 Å². The number of hydrogen-bond acceptors (Lipinski definition) is 4. The number of imidazole rings is 2. The van der Waals surface area contributed by atoms with E-state index < -0.39 is 23.1 Å². The van der Waals surface area contributed by atoms with Gasteiger partial charge in [-0.3, -0.25) is 9.25 Å². The Morgan fingerprint density at radius 2 is 1.92 bits per heavy atom. The summed E-state index contributed by atoms with van der Waals surface area (Å²) in [6.45, 7) is 4.10. The number of aromatic nitrogens is 6. The van der Waals surface area contributed by atoms with Crippen molar-refractivity contribution in [2.24, 2.45) is 7.05 Å². The van der Waals surface area contributed by atoms with Crippen molar-refractivity contribution in [3.8, 4) is 17.1 Å². The second-order valence-corrected chi connectivity index (χ2v) is 8.99. The van der Waals surface area contributed by atoms with Crippen molar-refractivity contribution in [3.05, 3.63) is 87.7 Å². The topological polar surface area (TPSA) is 74.6 Å². The lowest BCUT2D eigenvalue weighted by Crippen LogP contribution is -2.34. The first-order valence-electron chi connectivity index (χ1n) is 11.5. The molecular weight excluding hydrogens is 471 g/mol. The fourth-order valence-corrected chi connectivity index (χ4v) is 4.92. The summed E-state index contributed by atoms with van der Waals surface area (Å²) in [4.78, 5) is 18.4. The lowest BCUT2D eigenvalue weighted by atomic mass is 10.1. The van der Waals surface area contributed by atoms with Crippen LogP contribution in [0, 0.1) is 24.4 Å². The Morgan fingerprint density at radius 3 is 2.69 bits per heavy atom. The van der Waals surface area contributed by atoms with Gasteiger partial charge in [-0.05, 0) is 43.7 Å². The van der Waals surface area contributed by atoms with Crippen LogP contribution in [0.25, 0.3) is 28.0 Å². The first-order chi connectivity index (χ1) is 17.3. The molecule has 6 rings (SSSR count). The molecule has 0 bridgehead atoms. The number of hydrogen-bond donors (Lipinski definition) is 1. The van der Waals surface area contributed by atoms with Crippen LogP contribution in [0.3, 0.4) is 0 Å². The molecule has 4 heterocycles. The fraction of sp³-hybridized carbons (Fsp3) is 0.240. The average Bonchev–Trinajstić information content (AvgIpc) is 3.53. The van der Waals surface area contributed by atoms with Crippen LogP contribution >= 0.6 is 0 Å². The van der Waals surface area contributed by atoms with Gasteiger partial charge in [0.25, 0.3) is 0 Å². The molecule has 0 amide bonds. The molecule has 184 valence electrons. The SMILES string of the molecule is Cc1cc(-c2nc3c(n2-n2ccn(-c4ccc5c(cnn5C)c4F)c2=O)[C@H](C)NCC3)cc(F)c1F. The highest BCUT2D eigenvalue weighted by Crippen LogP contribution is 2.31. The van der Waals surface area contributed by atoms with Gasteiger partial charge in [-0.25, -0.2) is 32.3 Å². The summed E-state index contributed by atoms with van der Waals surface area (Å²) in [5.41, 5.74) is 2.06. The molecule has 0 saturated carbocycles. The van der Waals surface area contributed by atoms with E-state index in [-0.39, 0.29) is 17.3 Å². The highest BCUT2D eigenvalue weighted by atomic mass is 19.2. The Hall–Kier alpha value is -4.12. The first-order valence-corrected chi connectivity index (χ1v) is 11.5. The molecule has 11 heteroatoms. The predicted molar refractivity (Wildman–Crippen MR) is 127 cm³/mol. The maximum atomic E-state index is 15.4. The number of nitrogens with one attached hydrogen (secondary N) is 1. The average molecular weight is 493 g/mol. The number of halogens is 3. The van der Waals surface area contributed by atoms with E-state index >= 15 is 4.39 Å². The second kappa shape index (κ2) is 7.95. The lowest BCUT2D eigenvalue weighted by Gasteiger charge is -2.22. The van der Waals surface area contributed by atoms with E-state index in [1.165, 1.54) is 46.9 Å². The maximum Gasteiger partial charge on any atom is 0.352 e. The molecule has 0 saturated heterocycles. The smallest absolute Gasteiger partial charge is 0.308 e. The summed E-state index contributed by atoms with van der Waals surface area (Å²) < 4.78 is 49.4. The summed E-state index contributed by atoms with van der Waals surface area (Å²) >= 11 is 0. The number of aryl methyl sites for hydroxylation is 2. The molecule has 1 aliphatic rings. The van der Waals surface area contributed by atoms with Gasteiger partial charge in [0.05, 0.1) is 34.2 Å². The van der Waals surface area contributed by atoms with Crippen molar-refractivity contribution in [1.29, 1.82) is 0 Å². The zero-order valence-corrected chi connectivity index (χ0v) is 19.8. The van der Waals surface area contributed by atoms with Crippen molar-refractivity contribution >= 4 is 10.9 Å². The summed E-state index contributed by atoms with van der Waals surface area (Å²) in [5.74, 6) is -2.21. The highest BCUT2D eigenvalue weighted by molar-refractivity contribution is 5.81. The standard InChI is InChI=1S/C25H22F3N7O/c1-13-10-15(11-17(26)21(13)27)24-31-18-6-7-29-14(2)23(18)35(24)34-9-8-33(25(34)36)20-5-4-19-16(22(20)28)12-30-32(19)3/h4-5,8-12,14,29H,6-7H2,1-3H3/t14-/m0/s1. The molecule has 3 aromatic heterocycles. The molecule has 0 radical (unpaired) electrons. The molecule has 8 nitrogen and oxygen atoms in total. The maximum absolute atomic E-state index is 15.4. The van der Waals surface area contributed by atoms with E-state index in [1.54, 1.807) is 22.5 Å². The number of rotatable bonds is 3. The van der Waals surface area contributed by atoms with Crippen molar-refractivity contribution < 1.29 is 13.2 Å². The van der Waals surface area contributed by atoms with Crippen LogP contribution in [0.5, 0.6) is 0 Å². The van der Waals surface area contributed by atoms with Crippen molar-refractivity contribution in [1.82, 2.24) is 34.0 Å². The van der Waals surface area contributed by atoms with E-state index in [4.69, 9.17) is 4.98 Å². The van der Waals surface area contributed by atoms with E-state index in [2.05, 4.69) is 10.4 Å². The highest BCUT2D eigenvalue weighted by Gasteiger charge is 2.28. The van der Waals surface area contributed by atoms with E-state index in [9.17, 15) is 13.6 Å². The van der Waals surface area contributed by atoms with Crippen LogP contribution in [-0.4, -0.2) is 35.2 Å². The molecule has 0 spiro atoms. The van der Waals surface area contributed by atoms with Crippen LogP contribution < -0.4 is 11.0 Å². The Balaban J connectivity index is 1.59. The van der Waals surface area contributed by atoms with Gasteiger partial charge in [-0.15, -0.1) is 0 Å². The molecule has 1 atom stereocenters. The summed E-state index contributed by atoms with van der Waals surface area (Å²) in [6, 6.07) is 5.63. The van der Waals surface area contributed by atoms with E-state index in [0.717, 1.165) is 17.5 Å². The Bertz CT molecular complexity index is 1700. The number of benzene rings is 2. The summed E-state index contributed by atoms with van der Waals surface area (Å²) in [6.07, 6.45) is 4.99. The van der Waals surface area contributed by atoms with Gasteiger partial charge in [0.1, 0.15) is 0 Å². The largest absolute Gasteiger partial charge is 0.352 e. The Labute approximate surface area is 203 Å². The molecule has 1 N–H and O–H groups in total. The monoisotopic (exact) mass is 493 g/mol. The van der Waals surface area contributed by atoms with Gasteiger partial charge < -0.3 is 5.32 Å². The van der Waals surface area contributed by atoms with Crippen molar-refractivity contribution in [3.63, 3.8) is 0 Å². The molecule has 0 unspecified atom stereocenters. The van der Waals surface area contributed by atoms with Gasteiger partial charge >= 0.3 is 5.69 Å². The van der Waals surface area contributed by atoms with Crippen molar-refractivity contribution in [2.75, 3.05) is 6.54 Å². The molecule has 5 aromatic rings. The first kappa shape index (κ1) is 22.4. The quantitative estimate of drug-likeness (QED) is 0.417. The number of fused-ring (bicyclic) bond motifs is 2. The Kier molecular flexibility index (Phi) is 4.94. The third-order valence-corrected chi connectivity index (χ3v) is 6.74. The molecular formula is C25H22F3N7O. The van der Waals surface area contributed by atoms with Gasteiger partial charge in [0.15, 0.2) is 23.3 Å². The van der Waals surface area contributed by atoms with Gasteiger partial charge in [-0.1, -0.05) is 0 Å². The second-order valence-electron chi connectivity index (χ2n) is 8.99. The van der Waals surface area contributed by atoms with Gasteiger partial charge in [-0.2, -0.15) is 5.10 Å². The number of nitrogens with zero attached hydrogens (tertiary/aromatic N) is 6. The van der Waals surface area contributed by atoms with E-state index in [1.807, 2.05) is 6.92 Å². The molecule has 2 aromatic carbocycles. The minimum absolute atomic E-state index is 0.0737. The third kappa shape index (κ3) is 3.15. The van der Waals surface area contributed by atoms with Crippen LogP contribution in [0.1, 0.15) is 29.9 Å². The van der Waals surface area contributed by atoms with Gasteiger partial charge in [0.2, 0.25) is 0 Å². The van der Waals surface area contributed by atoms with Crippen LogP contribution in [0.2, 0.25) is 0 Å². The third-order valence-electron chi connectivity index (χ3n) is 6.74. The van der Waals surface area contributed by atoms with Gasteiger partial charge in [0, 0.05) is 44.0 Å². The molecule has 0 fully saturated rings. The normalized spacial score (nSPS) is 15.6. The molecule has 0 aliphatic carbocycles. The summed E-state index contributed by atoms with van der Waals surface area (Å²) in [5, 5.41) is 7.73. The van der Waals surface area contributed by atoms with Crippen molar-refractivity contribution in [2.45, 2.75) is 26.3 Å². The van der Waals surface area contributed by atoms with Crippen LogP contribution in [0.15, 0.2) is 47.7 Å². The minimum atomic E-state index is -1.000. The molecule has 36 heavy (non-hydrogen) atoms. The van der Waals surface area contributed by atoms with E-state index in [0.29, 0.717) is 35.3 Å².